The van der Waals surface area contributed by atoms with Crippen LogP contribution in [0.1, 0.15) is 19.4 Å². The Bertz CT molecular complexity index is 403. The summed E-state index contributed by atoms with van der Waals surface area (Å²) >= 11 is 0. The molecule has 1 aromatic rings. The maximum absolute atomic E-state index is 12.5. The van der Waals surface area contributed by atoms with Gasteiger partial charge in [0.25, 0.3) is 0 Å². The molecule has 2 heterocycles. The number of aryl methyl sites for hydroxylation is 1. The fourth-order valence-electron chi connectivity index (χ4n) is 2.26. The summed E-state index contributed by atoms with van der Waals surface area (Å²) in [6.07, 6.45) is 4.02. The number of piperazine rings is 1. The van der Waals surface area contributed by atoms with Gasteiger partial charge < -0.3 is 14.8 Å². The van der Waals surface area contributed by atoms with Crippen LogP contribution >= 0.6 is 0 Å². The van der Waals surface area contributed by atoms with Crippen molar-refractivity contribution in [3.8, 4) is 0 Å². The zero-order chi connectivity index (χ0) is 12.5. The highest BCUT2D eigenvalue weighted by molar-refractivity contribution is 5.87. The third-order valence-corrected chi connectivity index (χ3v) is 3.49. The van der Waals surface area contributed by atoms with Crippen molar-refractivity contribution in [1.82, 2.24) is 14.8 Å². The van der Waals surface area contributed by atoms with Crippen molar-refractivity contribution in [2.24, 2.45) is 7.05 Å². The van der Waals surface area contributed by atoms with Gasteiger partial charge in [-0.15, -0.1) is 0 Å². The third kappa shape index (κ3) is 2.36. The van der Waals surface area contributed by atoms with E-state index < -0.39 is 5.41 Å². The molecule has 0 saturated carbocycles. The van der Waals surface area contributed by atoms with Gasteiger partial charge in [0.05, 0.1) is 5.41 Å². The van der Waals surface area contributed by atoms with E-state index in [2.05, 4.69) is 5.32 Å². The first-order chi connectivity index (χ1) is 8.01. The number of carbonyl (C=O) groups excluding carboxylic acids is 1. The second-order valence-electron chi connectivity index (χ2n) is 5.23. The van der Waals surface area contributed by atoms with Gasteiger partial charge in [0, 0.05) is 45.6 Å². The molecule has 0 radical (unpaired) electrons. The molecule has 1 amide bonds. The Kier molecular flexibility index (Phi) is 3.24. The van der Waals surface area contributed by atoms with Crippen molar-refractivity contribution >= 4 is 5.91 Å². The van der Waals surface area contributed by atoms with Crippen LogP contribution < -0.4 is 5.32 Å². The van der Waals surface area contributed by atoms with E-state index in [-0.39, 0.29) is 5.91 Å². The number of nitrogens with one attached hydrogen (secondary N) is 1. The Hall–Kier alpha value is -1.29. The SMILES string of the molecule is Cn1ccc(C(C)(C)C(=O)N2CCNCC2)c1. The molecule has 1 aliphatic rings. The van der Waals surface area contributed by atoms with Crippen LogP contribution in [0.4, 0.5) is 0 Å². The molecule has 1 saturated heterocycles. The average Bonchev–Trinajstić information content (AvgIpc) is 2.77. The van der Waals surface area contributed by atoms with Gasteiger partial charge >= 0.3 is 0 Å². The average molecular weight is 235 g/mol. The molecular formula is C13H21N3O. The van der Waals surface area contributed by atoms with Gasteiger partial charge in [-0.05, 0) is 25.5 Å². The highest BCUT2D eigenvalue weighted by Crippen LogP contribution is 2.26. The van der Waals surface area contributed by atoms with Crippen molar-refractivity contribution in [3.63, 3.8) is 0 Å². The van der Waals surface area contributed by atoms with E-state index in [9.17, 15) is 4.79 Å². The van der Waals surface area contributed by atoms with Crippen molar-refractivity contribution in [1.29, 1.82) is 0 Å². The number of hydrogen-bond acceptors (Lipinski definition) is 2. The van der Waals surface area contributed by atoms with Gasteiger partial charge in [0.15, 0.2) is 0 Å². The van der Waals surface area contributed by atoms with Gasteiger partial charge in [-0.25, -0.2) is 0 Å². The Morgan fingerprint density at radius 1 is 1.35 bits per heavy atom. The maximum atomic E-state index is 12.5. The Morgan fingerprint density at radius 2 is 2.00 bits per heavy atom. The highest BCUT2D eigenvalue weighted by Gasteiger charge is 2.34. The van der Waals surface area contributed by atoms with Crippen molar-refractivity contribution < 1.29 is 4.79 Å². The summed E-state index contributed by atoms with van der Waals surface area (Å²) in [4.78, 5) is 14.5. The molecule has 0 atom stereocenters. The highest BCUT2D eigenvalue weighted by atomic mass is 16.2. The van der Waals surface area contributed by atoms with Crippen LogP contribution in [0, 0.1) is 0 Å². The molecule has 1 aromatic heterocycles. The van der Waals surface area contributed by atoms with Crippen LogP contribution in [-0.2, 0) is 17.3 Å². The molecule has 1 N–H and O–H groups in total. The first-order valence-electron chi connectivity index (χ1n) is 6.14. The van der Waals surface area contributed by atoms with Crippen LogP contribution in [0.25, 0.3) is 0 Å². The maximum Gasteiger partial charge on any atom is 0.232 e. The summed E-state index contributed by atoms with van der Waals surface area (Å²) in [5.74, 6) is 0.227. The predicted molar refractivity (Wildman–Crippen MR) is 67.9 cm³/mol. The number of hydrogen-bond donors (Lipinski definition) is 1. The third-order valence-electron chi connectivity index (χ3n) is 3.49. The molecule has 1 aliphatic heterocycles. The number of nitrogens with zero attached hydrogens (tertiary/aromatic N) is 2. The van der Waals surface area contributed by atoms with E-state index in [1.165, 1.54) is 0 Å². The minimum atomic E-state index is -0.432. The monoisotopic (exact) mass is 235 g/mol. The molecule has 17 heavy (non-hydrogen) atoms. The van der Waals surface area contributed by atoms with Crippen LogP contribution in [0.2, 0.25) is 0 Å². The van der Waals surface area contributed by atoms with E-state index >= 15 is 0 Å². The quantitative estimate of drug-likeness (QED) is 0.820. The molecule has 0 aliphatic carbocycles. The van der Waals surface area contributed by atoms with Gasteiger partial charge in [-0.2, -0.15) is 0 Å². The number of amides is 1. The summed E-state index contributed by atoms with van der Waals surface area (Å²) in [7, 11) is 1.98. The summed E-state index contributed by atoms with van der Waals surface area (Å²) in [6.45, 7) is 7.44. The van der Waals surface area contributed by atoms with Crippen LogP contribution in [0.3, 0.4) is 0 Å². The number of rotatable bonds is 2. The molecule has 1 fully saturated rings. The predicted octanol–water partition coefficient (Wildman–Crippen LogP) is 0.734. The molecule has 2 rings (SSSR count). The molecule has 4 heteroatoms. The first kappa shape index (κ1) is 12.2. The van der Waals surface area contributed by atoms with Gasteiger partial charge in [0.2, 0.25) is 5.91 Å². The first-order valence-corrected chi connectivity index (χ1v) is 6.14. The molecule has 94 valence electrons. The van der Waals surface area contributed by atoms with Crippen LogP contribution in [-0.4, -0.2) is 41.6 Å². The second-order valence-corrected chi connectivity index (χ2v) is 5.23. The summed E-state index contributed by atoms with van der Waals surface area (Å²) in [6, 6.07) is 2.03. The topological polar surface area (TPSA) is 37.3 Å². The molecule has 0 bridgehead atoms. The van der Waals surface area contributed by atoms with Crippen molar-refractivity contribution in [2.45, 2.75) is 19.3 Å². The minimum Gasteiger partial charge on any atom is -0.357 e. The van der Waals surface area contributed by atoms with Crippen molar-refractivity contribution in [3.05, 3.63) is 24.0 Å². The molecule has 0 unspecified atom stereocenters. The fourth-order valence-corrected chi connectivity index (χ4v) is 2.26. The van der Waals surface area contributed by atoms with Crippen LogP contribution in [0.5, 0.6) is 0 Å². The van der Waals surface area contributed by atoms with Gasteiger partial charge in [-0.1, -0.05) is 0 Å². The van der Waals surface area contributed by atoms with Gasteiger partial charge in [-0.3, -0.25) is 4.79 Å². The zero-order valence-electron chi connectivity index (χ0n) is 10.9. The Labute approximate surface area is 103 Å². The normalized spacial score (nSPS) is 17.2. The van der Waals surface area contributed by atoms with E-state index in [4.69, 9.17) is 0 Å². The zero-order valence-corrected chi connectivity index (χ0v) is 10.9. The molecule has 4 nitrogen and oxygen atoms in total. The lowest BCUT2D eigenvalue weighted by molar-refractivity contribution is -0.136. The lowest BCUT2D eigenvalue weighted by Gasteiger charge is -2.34. The molecule has 0 aromatic carbocycles. The minimum absolute atomic E-state index is 0.227. The molecule has 0 spiro atoms. The summed E-state index contributed by atoms with van der Waals surface area (Å²) < 4.78 is 1.99. The summed E-state index contributed by atoms with van der Waals surface area (Å²) in [5, 5.41) is 3.27. The Balaban J connectivity index is 2.16. The Morgan fingerprint density at radius 3 is 2.53 bits per heavy atom. The summed E-state index contributed by atoms with van der Waals surface area (Å²) in [5.41, 5.74) is 0.655. The van der Waals surface area contributed by atoms with Crippen molar-refractivity contribution in [2.75, 3.05) is 26.2 Å². The van der Waals surface area contributed by atoms with E-state index in [0.717, 1.165) is 31.7 Å². The fraction of sp³-hybridized carbons (Fsp3) is 0.615. The number of aromatic nitrogens is 1. The largest absolute Gasteiger partial charge is 0.357 e. The van der Waals surface area contributed by atoms with Gasteiger partial charge in [0.1, 0.15) is 0 Å². The van der Waals surface area contributed by atoms with E-state index in [1.54, 1.807) is 0 Å². The standard InChI is InChI=1S/C13H21N3O/c1-13(2,11-4-7-15(3)10-11)12(17)16-8-5-14-6-9-16/h4,7,10,14H,5-6,8-9H2,1-3H3. The smallest absolute Gasteiger partial charge is 0.232 e. The second kappa shape index (κ2) is 4.53. The molecular weight excluding hydrogens is 214 g/mol. The van der Waals surface area contributed by atoms with E-state index in [1.807, 2.05) is 48.8 Å². The number of carbonyl (C=O) groups is 1. The lowest BCUT2D eigenvalue weighted by Crippen LogP contribution is -2.51. The lowest BCUT2D eigenvalue weighted by atomic mass is 9.84. The van der Waals surface area contributed by atoms with Crippen LogP contribution in [0.15, 0.2) is 18.5 Å². The van der Waals surface area contributed by atoms with E-state index in [0.29, 0.717) is 0 Å².